The maximum Gasteiger partial charge on any atom is 0.303 e. The molecule has 0 aromatic heterocycles. The van der Waals surface area contributed by atoms with Crippen molar-refractivity contribution in [3.63, 3.8) is 0 Å². The van der Waals surface area contributed by atoms with Gasteiger partial charge in [0.25, 0.3) is 0 Å². The minimum absolute atomic E-state index is 0.343. The fourth-order valence-electron chi connectivity index (χ4n) is 1.88. The number of rotatable bonds is 12. The molecule has 0 spiro atoms. The highest BCUT2D eigenvalue weighted by molar-refractivity contribution is 6.34. The van der Waals surface area contributed by atoms with Gasteiger partial charge in [-0.3, -0.25) is 4.79 Å². The first-order valence-electron chi connectivity index (χ1n) is 8.22. The fraction of sp³-hybridized carbons (Fsp3) is 0.938. The van der Waals surface area contributed by atoms with E-state index in [1.165, 1.54) is 55.5 Å². The zero-order chi connectivity index (χ0) is 14.8. The Morgan fingerprint density at radius 1 is 0.789 bits per heavy atom. The molecule has 0 unspecified atom stereocenters. The SMILES string of the molecule is CCCCCCCCCCCC(=O)O.C[CH2][Al][CH2]C. The smallest absolute Gasteiger partial charge is 0.303 e. The molecule has 0 aromatic carbocycles. The molecule has 0 saturated carbocycles. The number of carboxylic acid groups (broad SMARTS) is 1. The lowest BCUT2D eigenvalue weighted by atomic mass is 10.1. The van der Waals surface area contributed by atoms with E-state index in [1.54, 1.807) is 0 Å². The Kier molecular flexibility index (Phi) is 22.8. The summed E-state index contributed by atoms with van der Waals surface area (Å²) in [5.74, 6) is -0.659. The van der Waals surface area contributed by atoms with Crippen molar-refractivity contribution < 1.29 is 9.90 Å². The van der Waals surface area contributed by atoms with Crippen LogP contribution < -0.4 is 0 Å². The summed E-state index contributed by atoms with van der Waals surface area (Å²) in [6.07, 6.45) is 11.5. The molecule has 2 nitrogen and oxygen atoms in total. The Balaban J connectivity index is 0. The lowest BCUT2D eigenvalue weighted by Crippen LogP contribution is -1.93. The molecule has 0 atom stereocenters. The van der Waals surface area contributed by atoms with Gasteiger partial charge in [-0.25, -0.2) is 0 Å². The van der Waals surface area contributed by atoms with Crippen LogP contribution in [0.4, 0.5) is 0 Å². The molecule has 113 valence electrons. The van der Waals surface area contributed by atoms with Gasteiger partial charge in [0.1, 0.15) is 0 Å². The highest BCUT2D eigenvalue weighted by Crippen LogP contribution is 2.10. The van der Waals surface area contributed by atoms with E-state index < -0.39 is 5.97 Å². The zero-order valence-corrected chi connectivity index (χ0v) is 14.6. The van der Waals surface area contributed by atoms with E-state index in [-0.39, 0.29) is 0 Å². The van der Waals surface area contributed by atoms with Crippen LogP contribution in [0.2, 0.25) is 10.6 Å². The number of hydrogen-bond acceptors (Lipinski definition) is 1. The van der Waals surface area contributed by atoms with E-state index >= 15 is 0 Å². The predicted molar refractivity (Wildman–Crippen MR) is 86.2 cm³/mol. The molecule has 0 heterocycles. The van der Waals surface area contributed by atoms with Crippen molar-refractivity contribution >= 4 is 21.2 Å². The van der Waals surface area contributed by atoms with Crippen LogP contribution in [0.1, 0.15) is 85.0 Å². The lowest BCUT2D eigenvalue weighted by Gasteiger charge is -2.00. The van der Waals surface area contributed by atoms with Crippen LogP contribution in [-0.2, 0) is 4.79 Å². The summed E-state index contributed by atoms with van der Waals surface area (Å²) in [5.41, 5.74) is 0. The Morgan fingerprint density at radius 2 is 1.21 bits per heavy atom. The first-order valence-corrected chi connectivity index (χ1v) is 9.85. The van der Waals surface area contributed by atoms with Crippen LogP contribution in [0.3, 0.4) is 0 Å². The average molecular weight is 285 g/mol. The standard InChI is InChI=1S/C12H24O2.2C2H5.Al/c1-2-3-4-5-6-7-8-9-10-11-12(13)14;2*1-2;/h2-11H2,1H3,(H,13,14);2*1H2,2H3;. The maximum absolute atomic E-state index is 10.2. The molecule has 0 saturated heterocycles. The van der Waals surface area contributed by atoms with Crippen molar-refractivity contribution in [2.45, 2.75) is 95.5 Å². The quantitative estimate of drug-likeness (QED) is 0.376. The third kappa shape index (κ3) is 27.3. The monoisotopic (exact) mass is 285 g/mol. The van der Waals surface area contributed by atoms with Gasteiger partial charge in [-0.05, 0) is 6.42 Å². The van der Waals surface area contributed by atoms with Gasteiger partial charge in [-0.15, -0.1) is 10.6 Å². The molecule has 0 aliphatic heterocycles. The minimum atomic E-state index is -0.659. The summed E-state index contributed by atoms with van der Waals surface area (Å²) in [5, 5.41) is 11.3. The van der Waals surface area contributed by atoms with Crippen molar-refractivity contribution in [3.05, 3.63) is 0 Å². The Morgan fingerprint density at radius 3 is 1.53 bits per heavy atom. The van der Waals surface area contributed by atoms with Gasteiger partial charge in [0, 0.05) is 6.42 Å². The summed E-state index contributed by atoms with van der Waals surface area (Å²) < 4.78 is 0. The van der Waals surface area contributed by atoms with Crippen molar-refractivity contribution in [3.8, 4) is 0 Å². The molecule has 1 N–H and O–H groups in total. The topological polar surface area (TPSA) is 37.3 Å². The van der Waals surface area contributed by atoms with Crippen molar-refractivity contribution in [2.24, 2.45) is 0 Å². The molecule has 0 aromatic rings. The number of aliphatic carboxylic acids is 1. The summed E-state index contributed by atoms with van der Waals surface area (Å²) in [6.45, 7) is 6.73. The van der Waals surface area contributed by atoms with Crippen LogP contribution >= 0.6 is 0 Å². The van der Waals surface area contributed by atoms with Crippen molar-refractivity contribution in [1.29, 1.82) is 0 Å². The molecule has 0 aliphatic rings. The third-order valence-electron chi connectivity index (χ3n) is 3.07. The Hall–Kier alpha value is 0.00247. The van der Waals surface area contributed by atoms with Crippen LogP contribution in [0, 0.1) is 0 Å². The number of carboxylic acids is 1. The summed E-state index contributed by atoms with van der Waals surface area (Å²) in [4.78, 5) is 10.2. The fourth-order valence-corrected chi connectivity index (χ4v) is 2.45. The van der Waals surface area contributed by atoms with Crippen LogP contribution in [-0.4, -0.2) is 26.3 Å². The molecular weight excluding hydrogens is 251 g/mol. The number of hydrogen-bond donors (Lipinski definition) is 1. The van der Waals surface area contributed by atoms with Crippen LogP contribution in [0.25, 0.3) is 0 Å². The largest absolute Gasteiger partial charge is 0.481 e. The van der Waals surface area contributed by atoms with Gasteiger partial charge >= 0.3 is 5.97 Å². The summed E-state index contributed by atoms with van der Waals surface area (Å²) in [6, 6.07) is 0. The second-order valence-electron chi connectivity index (χ2n) is 5.08. The van der Waals surface area contributed by atoms with Gasteiger partial charge in [-0.1, -0.05) is 72.1 Å². The molecule has 3 heteroatoms. The van der Waals surface area contributed by atoms with Crippen molar-refractivity contribution in [2.75, 3.05) is 0 Å². The summed E-state index contributed by atoms with van der Waals surface area (Å²) >= 11 is 0.815. The van der Waals surface area contributed by atoms with E-state index in [9.17, 15) is 4.79 Å². The number of unbranched alkanes of at least 4 members (excludes halogenated alkanes) is 8. The van der Waals surface area contributed by atoms with Gasteiger partial charge in [-0.2, -0.15) is 0 Å². The molecule has 0 fully saturated rings. The average Bonchev–Trinajstić information content (AvgIpc) is 2.38. The second kappa shape index (κ2) is 20.3. The lowest BCUT2D eigenvalue weighted by molar-refractivity contribution is -0.137. The number of carbonyl (C=O) groups is 1. The van der Waals surface area contributed by atoms with Gasteiger partial charge < -0.3 is 5.11 Å². The molecule has 0 amide bonds. The molecule has 1 radical (unpaired) electrons. The van der Waals surface area contributed by atoms with E-state index in [4.69, 9.17) is 5.11 Å². The van der Waals surface area contributed by atoms with Gasteiger partial charge in [0.05, 0.1) is 0 Å². The van der Waals surface area contributed by atoms with Crippen LogP contribution in [0.5, 0.6) is 0 Å². The van der Waals surface area contributed by atoms with Gasteiger partial charge in [0.2, 0.25) is 0 Å². The first kappa shape index (κ1) is 21.3. The first-order chi connectivity index (χ1) is 9.18. The molecule has 0 aliphatic carbocycles. The third-order valence-corrected chi connectivity index (χ3v) is 4.23. The Bertz CT molecular complexity index is 170. The predicted octanol–water partition coefficient (Wildman–Crippen LogP) is 5.56. The minimum Gasteiger partial charge on any atom is -0.481 e. The second-order valence-corrected chi connectivity index (χ2v) is 7.29. The van der Waals surface area contributed by atoms with E-state index in [1.807, 2.05) is 0 Å². The van der Waals surface area contributed by atoms with E-state index in [0.29, 0.717) is 6.42 Å². The molecule has 0 rings (SSSR count). The molecule has 0 bridgehead atoms. The molecule has 19 heavy (non-hydrogen) atoms. The maximum atomic E-state index is 10.2. The van der Waals surface area contributed by atoms with Gasteiger partial charge in [0.15, 0.2) is 15.2 Å². The van der Waals surface area contributed by atoms with Crippen molar-refractivity contribution in [1.82, 2.24) is 0 Å². The molecular formula is C16H34AlO2. The highest BCUT2D eigenvalue weighted by Gasteiger charge is 1.96. The van der Waals surface area contributed by atoms with E-state index in [2.05, 4.69) is 20.8 Å². The Labute approximate surface area is 127 Å². The van der Waals surface area contributed by atoms with Crippen LogP contribution in [0.15, 0.2) is 0 Å². The van der Waals surface area contributed by atoms with E-state index in [0.717, 1.165) is 28.1 Å². The zero-order valence-electron chi connectivity index (χ0n) is 13.4. The normalized spacial score (nSPS) is 9.63. The highest BCUT2D eigenvalue weighted by atomic mass is 27.1. The summed E-state index contributed by atoms with van der Waals surface area (Å²) in [7, 11) is 0.